The Balaban J connectivity index is 1.60. The monoisotopic (exact) mass is 402 g/mol. The summed E-state index contributed by atoms with van der Waals surface area (Å²) in [7, 11) is 3.29. The smallest absolute Gasteiger partial charge is 0.332 e. The van der Waals surface area contributed by atoms with Gasteiger partial charge in [0, 0.05) is 25.5 Å². The molecule has 28 heavy (non-hydrogen) atoms. The predicted octanol–water partition coefficient (Wildman–Crippen LogP) is 1.55. The van der Waals surface area contributed by atoms with Crippen LogP contribution in [-0.2, 0) is 30.2 Å². The van der Waals surface area contributed by atoms with Crippen molar-refractivity contribution in [3.05, 3.63) is 57.5 Å². The number of ether oxygens (including phenoxy) is 1. The molecule has 1 aromatic carbocycles. The van der Waals surface area contributed by atoms with Gasteiger partial charge < -0.3 is 9.30 Å². The van der Waals surface area contributed by atoms with Gasteiger partial charge in [-0.15, -0.1) is 11.8 Å². The van der Waals surface area contributed by atoms with Gasteiger partial charge in [0.1, 0.15) is 5.25 Å². The van der Waals surface area contributed by atoms with Crippen LogP contribution in [-0.4, -0.2) is 36.5 Å². The molecule has 0 saturated heterocycles. The molecular weight excluding hydrogens is 380 g/mol. The second-order valence-corrected chi connectivity index (χ2v) is 7.83. The Morgan fingerprint density at radius 3 is 2.64 bits per heavy atom. The molecule has 0 N–H and O–H groups in total. The minimum atomic E-state index is -0.435. The zero-order chi connectivity index (χ0) is 20.3. The number of fused-ring (bicyclic) bond motifs is 1. The largest absolute Gasteiger partial charge is 0.465 e. The lowest BCUT2D eigenvalue weighted by atomic mass is 10.4. The zero-order valence-electron chi connectivity index (χ0n) is 16.0. The minimum absolute atomic E-state index is 0.136. The summed E-state index contributed by atoms with van der Waals surface area (Å²) in [4.78, 5) is 42.2. The molecule has 3 aromatic rings. The predicted molar refractivity (Wildman–Crippen MR) is 108 cm³/mol. The maximum absolute atomic E-state index is 12.6. The molecule has 0 saturated carbocycles. The van der Waals surface area contributed by atoms with Crippen molar-refractivity contribution in [3.8, 4) is 0 Å². The summed E-state index contributed by atoms with van der Waals surface area (Å²) >= 11 is 1.42. The van der Waals surface area contributed by atoms with Gasteiger partial charge in [0.2, 0.25) is 0 Å². The standard InChI is InChI=1S/C19H22N4O4S/c1-13(28-14-8-5-4-6-9-14)18(25)27-11-7-10-23-17(24)15-16(20-12-21(15)2)22(3)19(23)26/h4-6,8-9,12-13H,7,10-11H2,1-3H3. The van der Waals surface area contributed by atoms with Crippen molar-refractivity contribution in [2.75, 3.05) is 6.61 Å². The third kappa shape index (κ3) is 4.04. The molecule has 0 aliphatic rings. The van der Waals surface area contributed by atoms with Crippen LogP contribution in [0, 0.1) is 0 Å². The number of hydrogen-bond donors (Lipinski definition) is 0. The lowest BCUT2D eigenvalue weighted by molar-refractivity contribution is -0.142. The average Bonchev–Trinajstić information content (AvgIpc) is 3.08. The minimum Gasteiger partial charge on any atom is -0.465 e. The van der Waals surface area contributed by atoms with E-state index in [4.69, 9.17) is 4.74 Å². The van der Waals surface area contributed by atoms with Gasteiger partial charge in [0.05, 0.1) is 12.9 Å². The first kappa shape index (κ1) is 19.9. The fourth-order valence-electron chi connectivity index (χ4n) is 2.86. The molecule has 2 aromatic heterocycles. The molecule has 1 unspecified atom stereocenters. The first-order valence-corrected chi connectivity index (χ1v) is 9.77. The number of hydrogen-bond acceptors (Lipinski definition) is 6. The van der Waals surface area contributed by atoms with Gasteiger partial charge in [0.15, 0.2) is 11.2 Å². The second kappa shape index (κ2) is 8.47. The molecule has 1 atom stereocenters. The normalized spacial score (nSPS) is 12.2. The Morgan fingerprint density at radius 2 is 1.93 bits per heavy atom. The Kier molecular flexibility index (Phi) is 6.03. The van der Waals surface area contributed by atoms with Crippen molar-refractivity contribution in [1.82, 2.24) is 18.7 Å². The van der Waals surface area contributed by atoms with Crippen LogP contribution in [0.3, 0.4) is 0 Å². The van der Waals surface area contributed by atoms with E-state index in [1.807, 2.05) is 30.3 Å². The van der Waals surface area contributed by atoms with Crippen LogP contribution in [0.1, 0.15) is 13.3 Å². The van der Waals surface area contributed by atoms with E-state index in [9.17, 15) is 14.4 Å². The van der Waals surface area contributed by atoms with Gasteiger partial charge in [0.25, 0.3) is 5.56 Å². The number of thioether (sulfide) groups is 1. The van der Waals surface area contributed by atoms with Gasteiger partial charge in [-0.3, -0.25) is 18.7 Å². The molecule has 0 aliphatic carbocycles. The van der Waals surface area contributed by atoms with E-state index in [2.05, 4.69) is 4.98 Å². The van der Waals surface area contributed by atoms with Crippen molar-refractivity contribution >= 4 is 28.9 Å². The van der Waals surface area contributed by atoms with Crippen molar-refractivity contribution in [2.24, 2.45) is 14.1 Å². The van der Waals surface area contributed by atoms with Gasteiger partial charge in [-0.2, -0.15) is 0 Å². The van der Waals surface area contributed by atoms with Crippen LogP contribution >= 0.6 is 11.8 Å². The lowest BCUT2D eigenvalue weighted by Crippen LogP contribution is -2.39. The highest BCUT2D eigenvalue weighted by Crippen LogP contribution is 2.23. The van der Waals surface area contributed by atoms with Crippen LogP contribution < -0.4 is 11.2 Å². The van der Waals surface area contributed by atoms with Gasteiger partial charge in [-0.1, -0.05) is 18.2 Å². The Bertz CT molecular complexity index is 1100. The van der Waals surface area contributed by atoms with Gasteiger partial charge in [-0.25, -0.2) is 9.78 Å². The zero-order valence-corrected chi connectivity index (χ0v) is 16.8. The second-order valence-electron chi connectivity index (χ2n) is 6.42. The number of imidazole rings is 1. The molecule has 8 nitrogen and oxygen atoms in total. The van der Waals surface area contributed by atoms with Crippen LogP contribution in [0.25, 0.3) is 11.2 Å². The molecule has 0 bridgehead atoms. The van der Waals surface area contributed by atoms with E-state index in [0.717, 1.165) is 9.46 Å². The highest BCUT2D eigenvalue weighted by atomic mass is 32.2. The van der Waals surface area contributed by atoms with E-state index < -0.39 is 11.2 Å². The fraction of sp³-hybridized carbons (Fsp3) is 0.368. The molecule has 0 amide bonds. The molecule has 0 aliphatic heterocycles. The van der Waals surface area contributed by atoms with Crippen LogP contribution in [0.2, 0.25) is 0 Å². The van der Waals surface area contributed by atoms with Crippen molar-refractivity contribution in [3.63, 3.8) is 0 Å². The summed E-state index contributed by atoms with van der Waals surface area (Å²) < 4.78 is 9.40. The topological polar surface area (TPSA) is 88.1 Å². The number of benzene rings is 1. The maximum Gasteiger partial charge on any atom is 0.332 e. The van der Waals surface area contributed by atoms with E-state index in [0.29, 0.717) is 17.6 Å². The van der Waals surface area contributed by atoms with Gasteiger partial charge >= 0.3 is 11.7 Å². The number of esters is 1. The number of aromatic nitrogens is 4. The highest BCUT2D eigenvalue weighted by molar-refractivity contribution is 8.00. The summed E-state index contributed by atoms with van der Waals surface area (Å²) in [5, 5.41) is -0.344. The van der Waals surface area contributed by atoms with Crippen molar-refractivity contribution < 1.29 is 9.53 Å². The first-order chi connectivity index (χ1) is 13.4. The van der Waals surface area contributed by atoms with Crippen LogP contribution in [0.5, 0.6) is 0 Å². The summed E-state index contributed by atoms with van der Waals surface area (Å²) in [6.45, 7) is 2.09. The number of carbonyl (C=O) groups is 1. The summed E-state index contributed by atoms with van der Waals surface area (Å²) in [6.07, 6.45) is 1.87. The molecule has 148 valence electrons. The number of rotatable bonds is 7. The van der Waals surface area contributed by atoms with Crippen molar-refractivity contribution in [2.45, 2.75) is 30.0 Å². The molecule has 9 heteroatoms. The van der Waals surface area contributed by atoms with E-state index in [1.54, 1.807) is 25.6 Å². The number of carbonyl (C=O) groups excluding carboxylic acids is 1. The van der Waals surface area contributed by atoms with E-state index in [1.165, 1.54) is 22.7 Å². The van der Waals surface area contributed by atoms with Crippen molar-refractivity contribution in [1.29, 1.82) is 0 Å². The third-order valence-corrected chi connectivity index (χ3v) is 5.45. The third-order valence-electron chi connectivity index (χ3n) is 4.36. The quantitative estimate of drug-likeness (QED) is 0.338. The Morgan fingerprint density at radius 1 is 1.21 bits per heavy atom. The molecular formula is C19H22N4O4S. The summed E-state index contributed by atoms with van der Waals surface area (Å²) in [5.74, 6) is -0.323. The lowest BCUT2D eigenvalue weighted by Gasteiger charge is -2.12. The van der Waals surface area contributed by atoms with E-state index in [-0.39, 0.29) is 24.4 Å². The SMILES string of the molecule is CC(Sc1ccccc1)C(=O)OCCCn1c(=O)c2c(ncn2C)n(C)c1=O. The van der Waals surface area contributed by atoms with Crippen LogP contribution in [0.15, 0.2) is 51.1 Å². The Hall–Kier alpha value is -2.81. The van der Waals surface area contributed by atoms with Crippen LogP contribution in [0.4, 0.5) is 0 Å². The molecule has 3 rings (SSSR count). The molecule has 0 radical (unpaired) electrons. The molecule has 2 heterocycles. The maximum atomic E-state index is 12.6. The summed E-state index contributed by atoms with van der Waals surface area (Å²) in [5.41, 5.74) is -0.105. The first-order valence-electron chi connectivity index (χ1n) is 8.89. The van der Waals surface area contributed by atoms with E-state index >= 15 is 0 Å². The Labute approximate surface area is 165 Å². The molecule has 0 spiro atoms. The number of nitrogens with zero attached hydrogens (tertiary/aromatic N) is 4. The fourth-order valence-corrected chi connectivity index (χ4v) is 3.74. The highest BCUT2D eigenvalue weighted by Gasteiger charge is 2.17. The molecule has 0 fully saturated rings. The average molecular weight is 402 g/mol. The summed E-state index contributed by atoms with van der Waals surface area (Å²) in [6, 6.07) is 9.62. The van der Waals surface area contributed by atoms with Gasteiger partial charge in [-0.05, 0) is 25.5 Å². The number of aryl methyl sites for hydroxylation is 2.